The third kappa shape index (κ3) is 5.38. The molecule has 0 saturated heterocycles. The van der Waals surface area contributed by atoms with E-state index in [1.54, 1.807) is 30.5 Å². The molecule has 11 heteroatoms. The minimum atomic E-state index is -0.471. The molecular weight excluding hydrogens is 475 g/mol. The number of aryl methyl sites for hydroxylation is 1. The number of benzene rings is 2. The molecule has 4 rings (SSSR count). The van der Waals surface area contributed by atoms with E-state index in [1.165, 1.54) is 48.1 Å². The monoisotopic (exact) mass is 494 g/mol. The SMILES string of the molecule is Cc1csc(NC(=O)c2cccc(C(S)c3nc[nH]n3)c2)c1C(=O)N/N=C/c1ccc(F)cc1. The lowest BCUT2D eigenvalue weighted by atomic mass is 10.1. The average Bonchev–Trinajstić information content (AvgIpc) is 3.50. The molecule has 3 N–H and O–H groups in total. The molecule has 4 aromatic rings. The Morgan fingerprint density at radius 1 is 1.21 bits per heavy atom. The number of amides is 2. The Bertz CT molecular complexity index is 1340. The molecule has 0 spiro atoms. The van der Waals surface area contributed by atoms with E-state index in [4.69, 9.17) is 0 Å². The molecule has 2 heterocycles. The Morgan fingerprint density at radius 2 is 2.00 bits per heavy atom. The van der Waals surface area contributed by atoms with E-state index in [-0.39, 0.29) is 11.7 Å². The number of hydrogen-bond acceptors (Lipinski definition) is 7. The number of aromatic nitrogens is 3. The Morgan fingerprint density at radius 3 is 2.74 bits per heavy atom. The fraction of sp³-hybridized carbons (Fsp3) is 0.0870. The number of rotatable bonds is 7. The number of hydrazone groups is 1. The Hall–Kier alpha value is -3.83. The number of nitrogens with one attached hydrogen (secondary N) is 3. The summed E-state index contributed by atoms with van der Waals surface area (Å²) in [6.45, 7) is 1.77. The molecule has 8 nitrogen and oxygen atoms in total. The highest BCUT2D eigenvalue weighted by Crippen LogP contribution is 2.29. The Labute approximate surface area is 203 Å². The van der Waals surface area contributed by atoms with Crippen molar-refractivity contribution in [3.63, 3.8) is 0 Å². The summed E-state index contributed by atoms with van der Waals surface area (Å²) in [6, 6.07) is 12.6. The topological polar surface area (TPSA) is 112 Å². The van der Waals surface area contributed by atoms with Crippen molar-refractivity contribution in [2.75, 3.05) is 5.32 Å². The van der Waals surface area contributed by atoms with Gasteiger partial charge in [-0.15, -0.1) is 11.3 Å². The normalized spacial score (nSPS) is 12.0. The summed E-state index contributed by atoms with van der Waals surface area (Å²) in [5, 5.41) is 15.2. The van der Waals surface area contributed by atoms with Gasteiger partial charge in [-0.05, 0) is 53.3 Å². The van der Waals surface area contributed by atoms with Crippen LogP contribution in [-0.2, 0) is 0 Å². The number of aromatic amines is 1. The maximum Gasteiger partial charge on any atom is 0.274 e. The number of carbonyl (C=O) groups excluding carboxylic acids is 2. The van der Waals surface area contributed by atoms with Gasteiger partial charge in [-0.1, -0.05) is 24.3 Å². The van der Waals surface area contributed by atoms with Gasteiger partial charge in [0, 0.05) is 5.56 Å². The lowest BCUT2D eigenvalue weighted by Crippen LogP contribution is -2.21. The lowest BCUT2D eigenvalue weighted by molar-refractivity contribution is 0.0956. The van der Waals surface area contributed by atoms with Crippen LogP contribution in [0.2, 0.25) is 0 Å². The third-order valence-electron chi connectivity index (χ3n) is 4.82. The number of H-pyrrole nitrogens is 1. The van der Waals surface area contributed by atoms with Crippen molar-refractivity contribution in [1.29, 1.82) is 0 Å². The Balaban J connectivity index is 1.47. The molecule has 0 bridgehead atoms. The van der Waals surface area contributed by atoms with E-state index in [2.05, 4.69) is 43.7 Å². The molecule has 0 fully saturated rings. The molecule has 0 saturated carbocycles. The van der Waals surface area contributed by atoms with E-state index in [0.29, 0.717) is 33.1 Å². The number of hydrogen-bond donors (Lipinski definition) is 4. The zero-order chi connectivity index (χ0) is 24.1. The summed E-state index contributed by atoms with van der Waals surface area (Å²) >= 11 is 5.78. The molecule has 0 aliphatic rings. The average molecular weight is 495 g/mol. The first-order valence-corrected chi connectivity index (χ1v) is 11.4. The van der Waals surface area contributed by atoms with Crippen LogP contribution in [0.4, 0.5) is 9.39 Å². The van der Waals surface area contributed by atoms with Gasteiger partial charge < -0.3 is 5.32 Å². The van der Waals surface area contributed by atoms with Gasteiger partial charge in [-0.2, -0.15) is 22.8 Å². The lowest BCUT2D eigenvalue weighted by Gasteiger charge is -2.10. The zero-order valence-corrected chi connectivity index (χ0v) is 19.5. The molecule has 2 aromatic heterocycles. The van der Waals surface area contributed by atoms with Crippen molar-refractivity contribution >= 4 is 47.0 Å². The van der Waals surface area contributed by atoms with Gasteiger partial charge in [0.1, 0.15) is 17.1 Å². The maximum atomic E-state index is 13.0. The van der Waals surface area contributed by atoms with Crippen molar-refractivity contribution in [2.45, 2.75) is 12.2 Å². The number of anilines is 1. The highest BCUT2D eigenvalue weighted by molar-refractivity contribution is 7.80. The van der Waals surface area contributed by atoms with Crippen molar-refractivity contribution in [1.82, 2.24) is 20.6 Å². The second-order valence-corrected chi connectivity index (χ2v) is 8.61. The summed E-state index contributed by atoms with van der Waals surface area (Å²) in [6.07, 6.45) is 2.87. The summed E-state index contributed by atoms with van der Waals surface area (Å²) in [4.78, 5) is 29.8. The number of halogens is 1. The molecule has 0 aliphatic carbocycles. The predicted molar refractivity (Wildman–Crippen MR) is 132 cm³/mol. The van der Waals surface area contributed by atoms with E-state index >= 15 is 0 Å². The predicted octanol–water partition coefficient (Wildman–Crippen LogP) is 4.35. The van der Waals surface area contributed by atoms with Crippen molar-refractivity contribution in [3.05, 3.63) is 99.7 Å². The molecule has 0 radical (unpaired) electrons. The maximum absolute atomic E-state index is 13.0. The highest BCUT2D eigenvalue weighted by Gasteiger charge is 2.20. The van der Waals surface area contributed by atoms with E-state index in [1.807, 2.05) is 6.07 Å². The molecule has 0 aliphatic heterocycles. The molecule has 34 heavy (non-hydrogen) atoms. The number of nitrogens with zero attached hydrogens (tertiary/aromatic N) is 3. The van der Waals surface area contributed by atoms with Crippen LogP contribution in [0.3, 0.4) is 0 Å². The standard InChI is InChI=1S/C23H19FN6O2S2/c1-13-11-34-23(18(13)22(32)30-26-10-14-5-7-17(24)8-6-14)28-21(31)16-4-2-3-15(9-16)19(33)20-25-12-27-29-20/h2-12,19,33H,1H3,(H,28,31)(H,30,32)(H,25,27,29)/b26-10+. The van der Waals surface area contributed by atoms with Crippen LogP contribution in [0.1, 0.15) is 48.5 Å². The van der Waals surface area contributed by atoms with Crippen LogP contribution in [0.15, 0.2) is 65.3 Å². The molecule has 1 atom stereocenters. The second-order valence-electron chi connectivity index (χ2n) is 7.21. The fourth-order valence-electron chi connectivity index (χ4n) is 3.11. The molecule has 172 valence electrons. The molecular formula is C23H19FN6O2S2. The second kappa shape index (κ2) is 10.4. The van der Waals surface area contributed by atoms with Crippen molar-refractivity contribution < 1.29 is 14.0 Å². The van der Waals surface area contributed by atoms with Crippen LogP contribution >= 0.6 is 24.0 Å². The summed E-state index contributed by atoms with van der Waals surface area (Å²) in [7, 11) is 0. The first-order valence-electron chi connectivity index (χ1n) is 10.0. The first kappa shape index (κ1) is 23.3. The minimum absolute atomic E-state index is 0.318. The van der Waals surface area contributed by atoms with Crippen LogP contribution in [0.5, 0.6) is 0 Å². The summed E-state index contributed by atoms with van der Waals surface area (Å²) in [5.41, 5.74) is 5.25. The van der Waals surface area contributed by atoms with Crippen LogP contribution in [0.25, 0.3) is 0 Å². The van der Waals surface area contributed by atoms with Gasteiger partial charge >= 0.3 is 0 Å². The fourth-order valence-corrected chi connectivity index (χ4v) is 4.33. The van der Waals surface area contributed by atoms with Crippen molar-refractivity contribution in [3.8, 4) is 0 Å². The smallest absolute Gasteiger partial charge is 0.274 e. The van der Waals surface area contributed by atoms with Crippen molar-refractivity contribution in [2.24, 2.45) is 5.10 Å². The Kier molecular flexibility index (Phi) is 7.14. The summed E-state index contributed by atoms with van der Waals surface area (Å²) < 4.78 is 13.0. The van der Waals surface area contributed by atoms with Gasteiger partial charge in [0.15, 0.2) is 5.82 Å². The molecule has 2 aromatic carbocycles. The van der Waals surface area contributed by atoms with Crippen LogP contribution < -0.4 is 10.7 Å². The van der Waals surface area contributed by atoms with Crippen LogP contribution in [-0.4, -0.2) is 33.2 Å². The number of thiophene rings is 1. The van der Waals surface area contributed by atoms with Crippen LogP contribution in [0, 0.1) is 12.7 Å². The zero-order valence-electron chi connectivity index (χ0n) is 17.8. The minimum Gasteiger partial charge on any atom is -0.313 e. The van der Waals surface area contributed by atoms with E-state index < -0.39 is 11.2 Å². The largest absolute Gasteiger partial charge is 0.313 e. The van der Waals surface area contributed by atoms with Gasteiger partial charge in [-0.3, -0.25) is 14.7 Å². The van der Waals surface area contributed by atoms with E-state index in [0.717, 1.165) is 5.56 Å². The van der Waals surface area contributed by atoms with Gasteiger partial charge in [0.05, 0.1) is 17.0 Å². The van der Waals surface area contributed by atoms with Gasteiger partial charge in [0.25, 0.3) is 11.8 Å². The first-order chi connectivity index (χ1) is 16.4. The molecule has 2 amide bonds. The number of carbonyl (C=O) groups is 2. The quantitative estimate of drug-likeness (QED) is 0.174. The highest BCUT2D eigenvalue weighted by atomic mass is 32.1. The summed E-state index contributed by atoms with van der Waals surface area (Å²) in [5.74, 6) is -0.706. The number of thiol groups is 1. The molecule has 1 unspecified atom stereocenters. The van der Waals surface area contributed by atoms with E-state index in [9.17, 15) is 14.0 Å². The van der Waals surface area contributed by atoms with Gasteiger partial charge in [0.2, 0.25) is 0 Å². The van der Waals surface area contributed by atoms with Gasteiger partial charge in [-0.25, -0.2) is 14.8 Å². The third-order valence-corrected chi connectivity index (χ3v) is 6.36.